The lowest BCUT2D eigenvalue weighted by molar-refractivity contribution is 0.273. The number of hydrogen-bond acceptors (Lipinski definition) is 4. The van der Waals surface area contributed by atoms with Gasteiger partial charge >= 0.3 is 0 Å². The van der Waals surface area contributed by atoms with Gasteiger partial charge in [0.2, 0.25) is 0 Å². The zero-order chi connectivity index (χ0) is 11.4. The van der Waals surface area contributed by atoms with E-state index in [9.17, 15) is 0 Å². The SMILES string of the molecule is N/N=C(/N)SCC1CCOc2ccccc21. The van der Waals surface area contributed by atoms with Gasteiger partial charge in [0, 0.05) is 11.7 Å². The summed E-state index contributed by atoms with van der Waals surface area (Å²) in [7, 11) is 0. The van der Waals surface area contributed by atoms with Crippen molar-refractivity contribution in [3.8, 4) is 5.75 Å². The molecule has 1 aliphatic heterocycles. The van der Waals surface area contributed by atoms with Crippen molar-refractivity contribution in [1.82, 2.24) is 0 Å². The minimum absolute atomic E-state index is 0.434. The maximum absolute atomic E-state index is 5.59. The fourth-order valence-corrected chi connectivity index (χ4v) is 2.60. The molecular weight excluding hydrogens is 222 g/mol. The molecule has 1 atom stereocenters. The van der Waals surface area contributed by atoms with Gasteiger partial charge in [-0.15, -0.1) is 0 Å². The Morgan fingerprint density at radius 3 is 3.12 bits per heavy atom. The van der Waals surface area contributed by atoms with Gasteiger partial charge in [0.05, 0.1) is 6.61 Å². The third-order valence-electron chi connectivity index (χ3n) is 2.64. The number of rotatable bonds is 2. The average molecular weight is 237 g/mol. The molecule has 0 bridgehead atoms. The summed E-state index contributed by atoms with van der Waals surface area (Å²) in [5, 5.41) is 3.89. The van der Waals surface area contributed by atoms with Gasteiger partial charge in [-0.05, 0) is 18.1 Å². The molecule has 86 valence electrons. The minimum Gasteiger partial charge on any atom is -0.493 e. The number of para-hydroxylation sites is 1. The number of amidine groups is 1. The first kappa shape index (κ1) is 11.1. The van der Waals surface area contributed by atoms with Gasteiger partial charge in [-0.1, -0.05) is 30.0 Å². The molecule has 4 N–H and O–H groups in total. The van der Waals surface area contributed by atoms with Crippen LogP contribution in [0.3, 0.4) is 0 Å². The largest absolute Gasteiger partial charge is 0.493 e. The Morgan fingerprint density at radius 1 is 1.50 bits per heavy atom. The van der Waals surface area contributed by atoms with E-state index in [1.165, 1.54) is 17.3 Å². The van der Waals surface area contributed by atoms with Crippen LogP contribution < -0.4 is 16.3 Å². The van der Waals surface area contributed by atoms with Gasteiger partial charge < -0.3 is 16.3 Å². The third-order valence-corrected chi connectivity index (χ3v) is 3.61. The summed E-state index contributed by atoms with van der Waals surface area (Å²) in [6, 6.07) is 8.14. The molecule has 0 fully saturated rings. The summed E-state index contributed by atoms with van der Waals surface area (Å²) in [6.07, 6.45) is 1.02. The summed E-state index contributed by atoms with van der Waals surface area (Å²) < 4.78 is 5.59. The first-order chi connectivity index (χ1) is 7.81. The summed E-state index contributed by atoms with van der Waals surface area (Å²) in [4.78, 5) is 0. The molecule has 0 saturated carbocycles. The van der Waals surface area contributed by atoms with E-state index in [1.54, 1.807) is 0 Å². The molecule has 1 aromatic carbocycles. The second-order valence-corrected chi connectivity index (χ2v) is 4.69. The van der Waals surface area contributed by atoms with Crippen LogP contribution in [0, 0.1) is 0 Å². The number of benzene rings is 1. The third kappa shape index (κ3) is 2.41. The smallest absolute Gasteiger partial charge is 0.177 e. The molecule has 1 heterocycles. The van der Waals surface area contributed by atoms with E-state index in [2.05, 4.69) is 11.2 Å². The highest BCUT2D eigenvalue weighted by molar-refractivity contribution is 8.13. The molecule has 0 saturated heterocycles. The summed E-state index contributed by atoms with van der Waals surface area (Å²) in [5.41, 5.74) is 6.82. The topological polar surface area (TPSA) is 73.6 Å². The first-order valence-electron chi connectivity index (χ1n) is 5.19. The number of hydrazone groups is 1. The van der Waals surface area contributed by atoms with Crippen LogP contribution in [0.2, 0.25) is 0 Å². The number of hydrogen-bond donors (Lipinski definition) is 2. The van der Waals surface area contributed by atoms with E-state index in [1.807, 2.05) is 18.2 Å². The fraction of sp³-hybridized carbons (Fsp3) is 0.364. The standard InChI is InChI=1S/C11H15N3OS/c12-11(14-13)16-7-8-5-6-15-10-4-2-1-3-9(8)10/h1-4,8H,5-7,13H2,(H2,12,14). The number of ether oxygens (including phenoxy) is 1. The zero-order valence-corrected chi connectivity index (χ0v) is 9.74. The van der Waals surface area contributed by atoms with Crippen LogP contribution in [-0.2, 0) is 0 Å². The van der Waals surface area contributed by atoms with Gasteiger partial charge in [0.1, 0.15) is 5.75 Å². The number of nitrogens with two attached hydrogens (primary N) is 2. The molecule has 1 aliphatic rings. The Morgan fingerprint density at radius 2 is 2.31 bits per heavy atom. The lowest BCUT2D eigenvalue weighted by atomic mass is 9.95. The van der Waals surface area contributed by atoms with E-state index >= 15 is 0 Å². The van der Waals surface area contributed by atoms with Crippen LogP contribution in [0.15, 0.2) is 29.4 Å². The number of nitrogens with zero attached hydrogens (tertiary/aromatic N) is 1. The number of thioether (sulfide) groups is 1. The highest BCUT2D eigenvalue weighted by atomic mass is 32.2. The summed E-state index contributed by atoms with van der Waals surface area (Å²) in [5.74, 6) is 7.45. The molecule has 0 aliphatic carbocycles. The van der Waals surface area contributed by atoms with Crippen molar-refractivity contribution in [3.63, 3.8) is 0 Å². The maximum Gasteiger partial charge on any atom is 0.177 e. The van der Waals surface area contributed by atoms with E-state index in [4.69, 9.17) is 16.3 Å². The molecule has 1 unspecified atom stereocenters. The molecule has 0 amide bonds. The molecule has 2 rings (SSSR count). The number of fused-ring (bicyclic) bond motifs is 1. The minimum atomic E-state index is 0.434. The molecule has 16 heavy (non-hydrogen) atoms. The van der Waals surface area contributed by atoms with E-state index in [0.717, 1.165) is 24.5 Å². The van der Waals surface area contributed by atoms with Gasteiger partial charge in [-0.25, -0.2) is 0 Å². The molecule has 0 spiro atoms. The van der Waals surface area contributed by atoms with Crippen LogP contribution in [-0.4, -0.2) is 17.5 Å². The molecule has 0 aromatic heterocycles. The van der Waals surface area contributed by atoms with E-state index < -0.39 is 0 Å². The first-order valence-corrected chi connectivity index (χ1v) is 6.17. The van der Waals surface area contributed by atoms with Crippen molar-refractivity contribution in [3.05, 3.63) is 29.8 Å². The van der Waals surface area contributed by atoms with Crippen molar-refractivity contribution in [1.29, 1.82) is 0 Å². The van der Waals surface area contributed by atoms with Crippen LogP contribution in [0.1, 0.15) is 17.9 Å². The Balaban J connectivity index is 2.07. The monoisotopic (exact) mass is 237 g/mol. The van der Waals surface area contributed by atoms with E-state index in [0.29, 0.717) is 11.1 Å². The predicted octanol–water partition coefficient (Wildman–Crippen LogP) is 1.47. The van der Waals surface area contributed by atoms with Crippen LogP contribution in [0.5, 0.6) is 5.75 Å². The van der Waals surface area contributed by atoms with Crippen molar-refractivity contribution in [2.75, 3.05) is 12.4 Å². The predicted molar refractivity (Wildman–Crippen MR) is 67.6 cm³/mol. The molecular formula is C11H15N3OS. The van der Waals surface area contributed by atoms with Crippen molar-refractivity contribution >= 4 is 16.9 Å². The molecule has 1 aromatic rings. The van der Waals surface area contributed by atoms with Crippen molar-refractivity contribution in [2.24, 2.45) is 16.7 Å². The Bertz CT molecular complexity index is 395. The van der Waals surface area contributed by atoms with Gasteiger partial charge in [-0.2, -0.15) is 5.10 Å². The normalized spacial score (nSPS) is 20.0. The Hall–Kier alpha value is -1.36. The molecule has 5 heteroatoms. The highest BCUT2D eigenvalue weighted by Gasteiger charge is 2.21. The maximum atomic E-state index is 5.59. The molecule has 0 radical (unpaired) electrons. The van der Waals surface area contributed by atoms with Crippen LogP contribution in [0.4, 0.5) is 0 Å². The van der Waals surface area contributed by atoms with Crippen molar-refractivity contribution < 1.29 is 4.74 Å². The Kier molecular flexibility index (Phi) is 3.56. The van der Waals surface area contributed by atoms with Crippen LogP contribution in [0.25, 0.3) is 0 Å². The average Bonchev–Trinajstić information content (AvgIpc) is 2.35. The quantitative estimate of drug-likeness (QED) is 0.353. The second kappa shape index (κ2) is 5.12. The van der Waals surface area contributed by atoms with Crippen LogP contribution >= 0.6 is 11.8 Å². The van der Waals surface area contributed by atoms with Gasteiger partial charge in [0.15, 0.2) is 5.17 Å². The van der Waals surface area contributed by atoms with Gasteiger partial charge in [0.25, 0.3) is 0 Å². The van der Waals surface area contributed by atoms with E-state index in [-0.39, 0.29) is 0 Å². The summed E-state index contributed by atoms with van der Waals surface area (Å²) >= 11 is 1.49. The summed E-state index contributed by atoms with van der Waals surface area (Å²) in [6.45, 7) is 0.766. The van der Waals surface area contributed by atoms with Gasteiger partial charge in [-0.3, -0.25) is 0 Å². The zero-order valence-electron chi connectivity index (χ0n) is 8.93. The Labute approximate surface area is 99.0 Å². The molecule has 4 nitrogen and oxygen atoms in total. The second-order valence-electron chi connectivity index (χ2n) is 3.65. The highest BCUT2D eigenvalue weighted by Crippen LogP contribution is 2.35. The van der Waals surface area contributed by atoms with Crippen molar-refractivity contribution in [2.45, 2.75) is 12.3 Å². The fourth-order valence-electron chi connectivity index (χ4n) is 1.81. The lowest BCUT2D eigenvalue weighted by Gasteiger charge is -2.25. The lowest BCUT2D eigenvalue weighted by Crippen LogP contribution is -2.18.